The van der Waals surface area contributed by atoms with Gasteiger partial charge in [-0.3, -0.25) is 4.79 Å². The highest BCUT2D eigenvalue weighted by molar-refractivity contribution is 7.09. The molecular weight excluding hydrogens is 270 g/mol. The number of hydrogen-bond donors (Lipinski definition) is 1. The van der Waals surface area contributed by atoms with Gasteiger partial charge in [0.15, 0.2) is 0 Å². The van der Waals surface area contributed by atoms with Crippen molar-refractivity contribution < 1.29 is 4.79 Å². The summed E-state index contributed by atoms with van der Waals surface area (Å²) in [5, 5.41) is 14.6. The van der Waals surface area contributed by atoms with E-state index in [0.717, 1.165) is 10.6 Å². The van der Waals surface area contributed by atoms with Gasteiger partial charge in [0.2, 0.25) is 5.91 Å². The van der Waals surface area contributed by atoms with Gasteiger partial charge in [0, 0.05) is 24.0 Å². The predicted octanol–water partition coefficient (Wildman–Crippen LogP) is 2.48. The molecule has 1 amide bonds. The molecule has 1 atom stereocenters. The molecule has 1 aromatic heterocycles. The van der Waals surface area contributed by atoms with Crippen LogP contribution in [0.3, 0.4) is 0 Å². The Kier molecular flexibility index (Phi) is 4.85. The molecule has 0 fully saturated rings. The Bertz CT molecular complexity index is 599. The lowest BCUT2D eigenvalue weighted by molar-refractivity contribution is -0.120. The topological polar surface area (TPSA) is 65.8 Å². The molecule has 4 nitrogen and oxygen atoms in total. The molecule has 0 radical (unpaired) electrons. The fourth-order valence-electron chi connectivity index (χ4n) is 1.78. The fourth-order valence-corrected chi connectivity index (χ4v) is 2.48. The first-order valence-corrected chi connectivity index (χ1v) is 7.22. The zero-order valence-electron chi connectivity index (χ0n) is 11.2. The number of aromatic nitrogens is 1. The number of thiazole rings is 1. The van der Waals surface area contributed by atoms with Crippen LogP contribution in [0.2, 0.25) is 0 Å². The van der Waals surface area contributed by atoms with Gasteiger partial charge in [0.1, 0.15) is 0 Å². The summed E-state index contributed by atoms with van der Waals surface area (Å²) in [6.07, 6.45) is 2.10. The molecule has 1 unspecified atom stereocenters. The molecule has 2 aromatic rings. The number of nitrogens with zero attached hydrogens (tertiary/aromatic N) is 2. The zero-order chi connectivity index (χ0) is 14.4. The van der Waals surface area contributed by atoms with Gasteiger partial charge in [-0.05, 0) is 17.7 Å². The highest BCUT2D eigenvalue weighted by Gasteiger charge is 2.10. The molecule has 102 valence electrons. The number of carbonyl (C=O) groups excluding carboxylic acids is 1. The lowest BCUT2D eigenvalue weighted by Crippen LogP contribution is -2.28. The van der Waals surface area contributed by atoms with E-state index < -0.39 is 0 Å². The number of rotatable bonds is 5. The second-order valence-electron chi connectivity index (χ2n) is 4.56. The van der Waals surface area contributed by atoms with Gasteiger partial charge < -0.3 is 5.32 Å². The molecule has 1 N–H and O–H groups in total. The molecule has 0 spiro atoms. The van der Waals surface area contributed by atoms with Gasteiger partial charge in [-0.2, -0.15) is 5.26 Å². The quantitative estimate of drug-likeness (QED) is 0.917. The average molecular weight is 285 g/mol. The lowest BCUT2D eigenvalue weighted by Gasteiger charge is -2.10. The third kappa shape index (κ3) is 3.90. The Balaban J connectivity index is 1.82. The van der Waals surface area contributed by atoms with E-state index in [2.05, 4.69) is 16.4 Å². The summed E-state index contributed by atoms with van der Waals surface area (Å²) in [7, 11) is 0. The third-order valence-electron chi connectivity index (χ3n) is 2.93. The third-order valence-corrected chi connectivity index (χ3v) is 3.93. The van der Waals surface area contributed by atoms with E-state index in [9.17, 15) is 4.79 Å². The average Bonchev–Trinajstić information content (AvgIpc) is 3.00. The number of carbonyl (C=O) groups is 1. The van der Waals surface area contributed by atoms with Crippen LogP contribution in [-0.4, -0.2) is 17.4 Å². The molecule has 1 heterocycles. The van der Waals surface area contributed by atoms with E-state index in [1.54, 1.807) is 29.7 Å². The fraction of sp³-hybridized carbons (Fsp3) is 0.267. The highest BCUT2D eigenvalue weighted by atomic mass is 32.1. The minimum atomic E-state index is -0.0156. The minimum absolute atomic E-state index is 0.0156. The van der Waals surface area contributed by atoms with Crippen LogP contribution >= 0.6 is 11.3 Å². The van der Waals surface area contributed by atoms with E-state index >= 15 is 0 Å². The summed E-state index contributed by atoms with van der Waals surface area (Å²) in [6.45, 7) is 2.63. The van der Waals surface area contributed by atoms with Crippen LogP contribution in [-0.2, 0) is 11.2 Å². The SMILES string of the molecule is CC(CNC(=O)Cc1ccc(C#N)cc1)c1nccs1. The van der Waals surface area contributed by atoms with Crippen molar-refractivity contribution in [2.45, 2.75) is 19.3 Å². The second-order valence-corrected chi connectivity index (χ2v) is 5.49. The highest BCUT2D eigenvalue weighted by Crippen LogP contribution is 2.16. The molecule has 5 heteroatoms. The number of nitrogens with one attached hydrogen (secondary N) is 1. The molecule has 0 bridgehead atoms. The number of nitriles is 1. The first-order valence-electron chi connectivity index (χ1n) is 6.34. The minimum Gasteiger partial charge on any atom is -0.355 e. The van der Waals surface area contributed by atoms with E-state index in [1.165, 1.54) is 0 Å². The summed E-state index contributed by atoms with van der Waals surface area (Å²) >= 11 is 1.60. The maximum Gasteiger partial charge on any atom is 0.224 e. The normalized spacial score (nSPS) is 11.6. The van der Waals surface area contributed by atoms with Crippen molar-refractivity contribution in [1.82, 2.24) is 10.3 Å². The van der Waals surface area contributed by atoms with Gasteiger partial charge in [0.05, 0.1) is 23.1 Å². The maximum absolute atomic E-state index is 11.8. The van der Waals surface area contributed by atoms with Gasteiger partial charge in [-0.1, -0.05) is 19.1 Å². The summed E-state index contributed by atoms with van der Waals surface area (Å²) in [4.78, 5) is 16.1. The smallest absolute Gasteiger partial charge is 0.224 e. The molecule has 0 aliphatic rings. The van der Waals surface area contributed by atoms with E-state index in [0.29, 0.717) is 18.5 Å². The van der Waals surface area contributed by atoms with Crippen LogP contribution in [0.25, 0.3) is 0 Å². The maximum atomic E-state index is 11.8. The van der Waals surface area contributed by atoms with Crippen molar-refractivity contribution >= 4 is 17.2 Å². The Labute approximate surface area is 122 Å². The molecule has 1 aromatic carbocycles. The van der Waals surface area contributed by atoms with Crippen LogP contribution in [0.5, 0.6) is 0 Å². The standard InChI is InChI=1S/C15H15N3OS/c1-11(15-17-6-7-20-15)10-18-14(19)8-12-2-4-13(9-16)5-3-12/h2-7,11H,8,10H2,1H3,(H,18,19). The van der Waals surface area contributed by atoms with Gasteiger partial charge in [-0.15, -0.1) is 11.3 Å². The van der Waals surface area contributed by atoms with Crippen LogP contribution in [0.1, 0.15) is 29.0 Å². The molecule has 2 rings (SSSR count). The Hall–Kier alpha value is -2.19. The first-order chi connectivity index (χ1) is 9.69. The van der Waals surface area contributed by atoms with Gasteiger partial charge in [0.25, 0.3) is 0 Å². The summed E-state index contributed by atoms with van der Waals surface area (Å²) < 4.78 is 0. The molecular formula is C15H15N3OS. The van der Waals surface area contributed by atoms with Crippen LogP contribution in [0.15, 0.2) is 35.8 Å². The van der Waals surface area contributed by atoms with Crippen LogP contribution < -0.4 is 5.32 Å². The van der Waals surface area contributed by atoms with E-state index in [-0.39, 0.29) is 11.8 Å². The van der Waals surface area contributed by atoms with Gasteiger partial charge in [-0.25, -0.2) is 4.98 Å². The summed E-state index contributed by atoms with van der Waals surface area (Å²) in [6, 6.07) is 9.12. The largest absolute Gasteiger partial charge is 0.355 e. The van der Waals surface area contributed by atoms with Crippen molar-refractivity contribution in [3.05, 3.63) is 52.0 Å². The van der Waals surface area contributed by atoms with Crippen molar-refractivity contribution in [3.8, 4) is 6.07 Å². The number of amides is 1. The van der Waals surface area contributed by atoms with Crippen molar-refractivity contribution in [1.29, 1.82) is 5.26 Å². The monoisotopic (exact) mass is 285 g/mol. The zero-order valence-corrected chi connectivity index (χ0v) is 12.0. The van der Waals surface area contributed by atoms with Crippen LogP contribution in [0.4, 0.5) is 0 Å². The molecule has 0 saturated carbocycles. The molecule has 20 heavy (non-hydrogen) atoms. The van der Waals surface area contributed by atoms with Crippen molar-refractivity contribution in [3.63, 3.8) is 0 Å². The Morgan fingerprint density at radius 3 is 2.80 bits per heavy atom. The second kappa shape index (κ2) is 6.83. The van der Waals surface area contributed by atoms with Gasteiger partial charge >= 0.3 is 0 Å². The first kappa shape index (κ1) is 14.2. The Morgan fingerprint density at radius 2 is 2.20 bits per heavy atom. The van der Waals surface area contributed by atoms with Crippen molar-refractivity contribution in [2.24, 2.45) is 0 Å². The predicted molar refractivity (Wildman–Crippen MR) is 78.4 cm³/mol. The summed E-state index contributed by atoms with van der Waals surface area (Å²) in [5.41, 5.74) is 1.51. The lowest BCUT2D eigenvalue weighted by atomic mass is 10.1. The number of hydrogen-bond acceptors (Lipinski definition) is 4. The molecule has 0 aliphatic carbocycles. The molecule has 0 aliphatic heterocycles. The van der Waals surface area contributed by atoms with Crippen molar-refractivity contribution in [2.75, 3.05) is 6.54 Å². The van der Waals surface area contributed by atoms with E-state index in [4.69, 9.17) is 5.26 Å². The Morgan fingerprint density at radius 1 is 1.45 bits per heavy atom. The number of benzene rings is 1. The van der Waals surface area contributed by atoms with E-state index in [1.807, 2.05) is 24.4 Å². The van der Waals surface area contributed by atoms with Crippen LogP contribution in [0, 0.1) is 11.3 Å². The molecule has 0 saturated heterocycles. The summed E-state index contributed by atoms with van der Waals surface area (Å²) in [5.74, 6) is 0.207.